The van der Waals surface area contributed by atoms with Crippen LogP contribution in [0, 0.1) is 0 Å². The third kappa shape index (κ3) is 2.38. The molecule has 0 unspecified atom stereocenters. The van der Waals surface area contributed by atoms with Gasteiger partial charge in [0, 0.05) is 0 Å². The molecular weight excluding hydrogens is 212 g/mol. The van der Waals surface area contributed by atoms with Gasteiger partial charge >= 0.3 is 0 Å². The smallest absolute Gasteiger partial charge is 0.184 e. The lowest BCUT2D eigenvalue weighted by Gasteiger charge is -2.40. The van der Waals surface area contributed by atoms with Gasteiger partial charge in [-0.25, -0.2) is 0 Å². The highest BCUT2D eigenvalue weighted by Crippen LogP contribution is 2.39. The summed E-state index contributed by atoms with van der Waals surface area (Å²) in [6, 6.07) is 8.77. The third-order valence-corrected chi connectivity index (χ3v) is 4.28. The summed E-state index contributed by atoms with van der Waals surface area (Å²) in [7, 11) is -1.49. The molecule has 0 saturated carbocycles. The predicted molar refractivity (Wildman–Crippen MR) is 71.2 cm³/mol. The first-order chi connectivity index (χ1) is 7.41. The molecule has 1 atom stereocenters. The number of benzene rings is 1. The van der Waals surface area contributed by atoms with Crippen molar-refractivity contribution in [3.05, 3.63) is 35.4 Å². The van der Waals surface area contributed by atoms with Gasteiger partial charge in [0.05, 0.1) is 5.60 Å². The Morgan fingerprint density at radius 1 is 1.19 bits per heavy atom. The molecule has 0 aliphatic heterocycles. The average Bonchev–Trinajstić information content (AvgIpc) is 2.15. The zero-order valence-corrected chi connectivity index (χ0v) is 11.8. The van der Waals surface area contributed by atoms with E-state index < -0.39 is 8.32 Å². The van der Waals surface area contributed by atoms with Gasteiger partial charge in [-0.3, -0.25) is 0 Å². The van der Waals surface area contributed by atoms with E-state index in [-0.39, 0.29) is 5.60 Å². The molecule has 2 heteroatoms. The standard InChI is InChI=1S/C14H22OSi/c1-14(15-16(2,3)4)11-7-9-12-8-5-6-10-13(12)14/h5-6,8,10H,7,9,11H2,1-4H3/t14-/m1/s1. The molecule has 1 aliphatic rings. The molecule has 2 rings (SSSR count). The zero-order chi connectivity index (χ0) is 11.8. The Labute approximate surface area is 100.0 Å². The SMILES string of the molecule is C[C@@]1(O[Si](C)(C)C)CCCc2ccccc21. The average molecular weight is 234 g/mol. The molecule has 0 N–H and O–H groups in total. The van der Waals surface area contributed by atoms with Crippen LogP contribution in [0.2, 0.25) is 19.6 Å². The molecular formula is C14H22OSi. The van der Waals surface area contributed by atoms with Crippen LogP contribution in [-0.2, 0) is 16.4 Å². The van der Waals surface area contributed by atoms with Crippen LogP contribution >= 0.6 is 0 Å². The molecule has 0 spiro atoms. The van der Waals surface area contributed by atoms with E-state index in [2.05, 4.69) is 50.8 Å². The summed E-state index contributed by atoms with van der Waals surface area (Å²) in [4.78, 5) is 0. The molecule has 1 aromatic rings. The number of hydrogen-bond acceptors (Lipinski definition) is 1. The first-order valence-corrected chi connectivity index (χ1v) is 9.60. The minimum Gasteiger partial charge on any atom is -0.408 e. The summed E-state index contributed by atoms with van der Waals surface area (Å²) >= 11 is 0. The Morgan fingerprint density at radius 3 is 2.56 bits per heavy atom. The Hall–Kier alpha value is -0.603. The Morgan fingerprint density at radius 2 is 1.88 bits per heavy atom. The highest BCUT2D eigenvalue weighted by molar-refractivity contribution is 6.69. The second kappa shape index (κ2) is 4.01. The first kappa shape index (κ1) is 11.9. The molecule has 0 amide bonds. The topological polar surface area (TPSA) is 9.23 Å². The van der Waals surface area contributed by atoms with E-state index in [4.69, 9.17) is 4.43 Å². The molecule has 0 fully saturated rings. The Bertz CT molecular complexity index is 381. The van der Waals surface area contributed by atoms with Crippen LogP contribution in [-0.4, -0.2) is 8.32 Å². The van der Waals surface area contributed by atoms with E-state index in [9.17, 15) is 0 Å². The van der Waals surface area contributed by atoms with Gasteiger partial charge in [0.25, 0.3) is 0 Å². The van der Waals surface area contributed by atoms with Crippen LogP contribution in [0.25, 0.3) is 0 Å². The monoisotopic (exact) mass is 234 g/mol. The molecule has 16 heavy (non-hydrogen) atoms. The first-order valence-electron chi connectivity index (χ1n) is 6.19. The molecule has 0 aromatic heterocycles. The van der Waals surface area contributed by atoms with E-state index in [0.29, 0.717) is 0 Å². The van der Waals surface area contributed by atoms with Crippen molar-refractivity contribution in [1.29, 1.82) is 0 Å². The van der Waals surface area contributed by atoms with E-state index in [0.717, 1.165) is 6.42 Å². The van der Waals surface area contributed by atoms with Crippen LogP contribution in [0.5, 0.6) is 0 Å². The fourth-order valence-electron chi connectivity index (χ4n) is 2.79. The van der Waals surface area contributed by atoms with Crippen molar-refractivity contribution in [2.75, 3.05) is 0 Å². The fraction of sp³-hybridized carbons (Fsp3) is 0.571. The largest absolute Gasteiger partial charge is 0.408 e. The maximum absolute atomic E-state index is 6.43. The third-order valence-electron chi connectivity index (χ3n) is 3.22. The summed E-state index contributed by atoms with van der Waals surface area (Å²) in [5.41, 5.74) is 2.86. The Kier molecular flexibility index (Phi) is 2.97. The second-order valence-corrected chi connectivity index (χ2v) is 10.4. The number of hydrogen-bond donors (Lipinski definition) is 0. The maximum Gasteiger partial charge on any atom is 0.184 e. The summed E-state index contributed by atoms with van der Waals surface area (Å²) in [5.74, 6) is 0. The van der Waals surface area contributed by atoms with Crippen LogP contribution < -0.4 is 0 Å². The van der Waals surface area contributed by atoms with Crippen LogP contribution in [0.3, 0.4) is 0 Å². The van der Waals surface area contributed by atoms with Gasteiger partial charge in [-0.2, -0.15) is 0 Å². The second-order valence-electron chi connectivity index (χ2n) is 5.96. The molecule has 1 aliphatic carbocycles. The van der Waals surface area contributed by atoms with Gasteiger partial charge in [-0.05, 0) is 57.0 Å². The summed E-state index contributed by atoms with van der Waals surface area (Å²) in [5, 5.41) is 0. The fourth-order valence-corrected chi connectivity index (χ4v) is 4.35. The molecule has 0 heterocycles. The van der Waals surface area contributed by atoms with Crippen LogP contribution in [0.1, 0.15) is 30.9 Å². The number of aryl methyl sites for hydroxylation is 1. The lowest BCUT2D eigenvalue weighted by molar-refractivity contribution is 0.0590. The number of fused-ring (bicyclic) bond motifs is 1. The molecule has 0 bridgehead atoms. The maximum atomic E-state index is 6.43. The van der Waals surface area contributed by atoms with E-state index in [1.807, 2.05) is 0 Å². The quantitative estimate of drug-likeness (QED) is 0.700. The van der Waals surface area contributed by atoms with Gasteiger partial charge in [0.15, 0.2) is 8.32 Å². The lowest BCUT2D eigenvalue weighted by atomic mass is 9.80. The van der Waals surface area contributed by atoms with E-state index in [1.165, 1.54) is 24.0 Å². The molecule has 1 aromatic carbocycles. The summed E-state index contributed by atoms with van der Waals surface area (Å²) in [6.07, 6.45) is 3.62. The normalized spacial score (nSPS) is 25.2. The van der Waals surface area contributed by atoms with Crippen LogP contribution in [0.15, 0.2) is 24.3 Å². The van der Waals surface area contributed by atoms with Gasteiger partial charge in [0.1, 0.15) is 0 Å². The van der Waals surface area contributed by atoms with Crippen molar-refractivity contribution < 1.29 is 4.43 Å². The van der Waals surface area contributed by atoms with Crippen molar-refractivity contribution in [3.8, 4) is 0 Å². The molecule has 0 saturated heterocycles. The highest BCUT2D eigenvalue weighted by atomic mass is 28.4. The summed E-state index contributed by atoms with van der Waals surface area (Å²) < 4.78 is 6.43. The molecule has 88 valence electrons. The van der Waals surface area contributed by atoms with Crippen molar-refractivity contribution in [2.24, 2.45) is 0 Å². The minimum absolute atomic E-state index is 0.0423. The number of rotatable bonds is 2. The lowest BCUT2D eigenvalue weighted by Crippen LogP contribution is -2.40. The van der Waals surface area contributed by atoms with Gasteiger partial charge < -0.3 is 4.43 Å². The predicted octanol–water partition coefficient (Wildman–Crippen LogP) is 4.09. The van der Waals surface area contributed by atoms with E-state index >= 15 is 0 Å². The summed E-state index contributed by atoms with van der Waals surface area (Å²) in [6.45, 7) is 9.09. The van der Waals surface area contributed by atoms with Crippen molar-refractivity contribution in [2.45, 2.75) is 51.4 Å². The molecule has 1 nitrogen and oxygen atoms in total. The van der Waals surface area contributed by atoms with E-state index in [1.54, 1.807) is 0 Å². The van der Waals surface area contributed by atoms with Crippen molar-refractivity contribution in [3.63, 3.8) is 0 Å². The van der Waals surface area contributed by atoms with Crippen molar-refractivity contribution in [1.82, 2.24) is 0 Å². The molecule has 0 radical (unpaired) electrons. The zero-order valence-electron chi connectivity index (χ0n) is 10.8. The van der Waals surface area contributed by atoms with Gasteiger partial charge in [-0.15, -0.1) is 0 Å². The van der Waals surface area contributed by atoms with Crippen molar-refractivity contribution >= 4 is 8.32 Å². The van der Waals surface area contributed by atoms with Gasteiger partial charge in [0.2, 0.25) is 0 Å². The van der Waals surface area contributed by atoms with Crippen LogP contribution in [0.4, 0.5) is 0 Å². The minimum atomic E-state index is -1.49. The Balaban J connectivity index is 2.37. The van der Waals surface area contributed by atoms with Gasteiger partial charge in [-0.1, -0.05) is 24.3 Å². The highest BCUT2D eigenvalue weighted by Gasteiger charge is 2.36.